The fourth-order valence-corrected chi connectivity index (χ4v) is 4.20. The second-order valence-corrected chi connectivity index (χ2v) is 8.49. The van der Waals surface area contributed by atoms with Crippen molar-refractivity contribution in [2.45, 2.75) is 43.8 Å². The van der Waals surface area contributed by atoms with Gasteiger partial charge in [0.2, 0.25) is 0 Å². The van der Waals surface area contributed by atoms with Gasteiger partial charge in [-0.2, -0.15) is 13.2 Å². The molecule has 0 aliphatic heterocycles. The quantitative estimate of drug-likeness (QED) is 0.372. The number of H-pyrrole nitrogens is 1. The van der Waals surface area contributed by atoms with Gasteiger partial charge in [-0.1, -0.05) is 18.6 Å². The van der Waals surface area contributed by atoms with Crippen molar-refractivity contribution in [3.63, 3.8) is 0 Å². The van der Waals surface area contributed by atoms with E-state index >= 15 is 0 Å². The Morgan fingerprint density at radius 3 is 2.44 bits per heavy atom. The van der Waals surface area contributed by atoms with Crippen LogP contribution in [0.15, 0.2) is 67.3 Å². The summed E-state index contributed by atoms with van der Waals surface area (Å²) in [6, 6.07) is 15.9. The molecular formula is C25H24F3N5O3. The number of amides is 1. The zero-order chi connectivity index (χ0) is 25.7. The molecule has 188 valence electrons. The lowest BCUT2D eigenvalue weighted by atomic mass is 9.85. The second kappa shape index (κ2) is 10.6. The molecule has 1 aliphatic carbocycles. The number of aliphatic carboxylic acids is 1. The summed E-state index contributed by atoms with van der Waals surface area (Å²) in [4.78, 5) is 33.9. The van der Waals surface area contributed by atoms with Crippen LogP contribution in [0, 0.1) is 0 Å². The number of rotatable bonds is 4. The molecule has 1 saturated carbocycles. The van der Waals surface area contributed by atoms with Crippen molar-refractivity contribution in [1.29, 1.82) is 0 Å². The number of nitrogens with one attached hydrogen (secondary N) is 2. The lowest BCUT2D eigenvalue weighted by Crippen LogP contribution is -2.38. The number of aromatic amines is 1. The third-order valence-corrected chi connectivity index (χ3v) is 5.98. The Morgan fingerprint density at radius 1 is 1.08 bits per heavy atom. The van der Waals surface area contributed by atoms with Crippen molar-refractivity contribution in [2.24, 2.45) is 0 Å². The highest BCUT2D eigenvalue weighted by Gasteiger charge is 2.38. The van der Waals surface area contributed by atoms with Crippen LogP contribution in [0.4, 0.5) is 13.2 Å². The normalized spacial score (nSPS) is 17.8. The highest BCUT2D eigenvalue weighted by molar-refractivity contribution is 5.94. The number of benzene rings is 2. The predicted molar refractivity (Wildman–Crippen MR) is 126 cm³/mol. The fraction of sp³-hybridized carbons (Fsp3) is 0.280. The number of carbonyl (C=O) groups is 2. The molecule has 1 amide bonds. The summed E-state index contributed by atoms with van der Waals surface area (Å²) in [5.74, 6) is -1.38. The first-order valence-electron chi connectivity index (χ1n) is 11.3. The van der Waals surface area contributed by atoms with Crippen LogP contribution in [0.2, 0.25) is 0 Å². The van der Waals surface area contributed by atoms with E-state index in [1.807, 2.05) is 53.2 Å². The number of para-hydroxylation sites is 2. The van der Waals surface area contributed by atoms with Gasteiger partial charge in [0.1, 0.15) is 5.82 Å². The molecule has 3 N–H and O–H groups in total. The van der Waals surface area contributed by atoms with Gasteiger partial charge in [-0.15, -0.1) is 0 Å². The Bertz CT molecular complexity index is 1280. The topological polar surface area (TPSA) is 113 Å². The molecule has 2 aromatic heterocycles. The molecule has 2 heterocycles. The third-order valence-electron chi connectivity index (χ3n) is 5.98. The van der Waals surface area contributed by atoms with E-state index in [4.69, 9.17) is 14.9 Å². The first-order valence-corrected chi connectivity index (χ1v) is 11.3. The summed E-state index contributed by atoms with van der Waals surface area (Å²) in [7, 11) is 0. The number of carboxylic acids is 1. The van der Waals surface area contributed by atoms with Crippen molar-refractivity contribution >= 4 is 22.9 Å². The van der Waals surface area contributed by atoms with E-state index in [-0.39, 0.29) is 11.9 Å². The van der Waals surface area contributed by atoms with Gasteiger partial charge in [0.15, 0.2) is 0 Å². The Hall–Kier alpha value is -4.15. The molecule has 0 radical (unpaired) electrons. The molecule has 2 atom stereocenters. The maximum Gasteiger partial charge on any atom is 0.490 e. The van der Waals surface area contributed by atoms with Gasteiger partial charge in [-0.05, 0) is 55.7 Å². The van der Waals surface area contributed by atoms with Gasteiger partial charge in [0.05, 0.1) is 17.4 Å². The molecule has 1 fully saturated rings. The maximum atomic E-state index is 12.7. The molecule has 0 spiro atoms. The van der Waals surface area contributed by atoms with Gasteiger partial charge in [0.25, 0.3) is 5.91 Å². The summed E-state index contributed by atoms with van der Waals surface area (Å²) in [6.45, 7) is 0. The first kappa shape index (κ1) is 25.0. The first-order chi connectivity index (χ1) is 17.2. The van der Waals surface area contributed by atoms with Crippen LogP contribution in [0.25, 0.3) is 16.7 Å². The van der Waals surface area contributed by atoms with Crippen molar-refractivity contribution in [1.82, 2.24) is 24.8 Å². The lowest BCUT2D eigenvalue weighted by Gasteiger charge is -2.28. The molecule has 2 unspecified atom stereocenters. The zero-order valence-corrected chi connectivity index (χ0v) is 19.1. The van der Waals surface area contributed by atoms with Gasteiger partial charge >= 0.3 is 12.1 Å². The Kier molecular flexibility index (Phi) is 7.37. The average Bonchev–Trinajstić information content (AvgIpc) is 3.54. The van der Waals surface area contributed by atoms with E-state index < -0.39 is 12.1 Å². The molecular weight excluding hydrogens is 475 g/mol. The van der Waals surface area contributed by atoms with Gasteiger partial charge < -0.3 is 20.0 Å². The number of aromatic nitrogens is 4. The van der Waals surface area contributed by atoms with E-state index in [0.29, 0.717) is 11.5 Å². The third kappa shape index (κ3) is 6.09. The van der Waals surface area contributed by atoms with E-state index in [9.17, 15) is 18.0 Å². The van der Waals surface area contributed by atoms with Gasteiger partial charge in [-0.25, -0.2) is 14.8 Å². The number of fused-ring (bicyclic) bond motifs is 1. The number of hydrogen-bond acceptors (Lipinski definition) is 4. The smallest absolute Gasteiger partial charge is 0.475 e. The Labute approximate surface area is 204 Å². The Morgan fingerprint density at radius 2 is 1.81 bits per heavy atom. The van der Waals surface area contributed by atoms with Crippen LogP contribution in [-0.4, -0.2) is 48.7 Å². The number of carbonyl (C=O) groups excluding carboxylic acids is 1. The second-order valence-electron chi connectivity index (χ2n) is 8.49. The summed E-state index contributed by atoms with van der Waals surface area (Å²) < 4.78 is 33.7. The minimum Gasteiger partial charge on any atom is -0.475 e. The number of halogens is 3. The van der Waals surface area contributed by atoms with Crippen LogP contribution in [-0.2, 0) is 4.79 Å². The highest BCUT2D eigenvalue weighted by atomic mass is 19.4. The molecule has 0 saturated heterocycles. The highest BCUT2D eigenvalue weighted by Crippen LogP contribution is 2.32. The SMILES string of the molecule is O=C(NC1CCCC(c2nc3ccccc3[nH]2)C1)c1ccc(-n2ccnc2)cc1.O=C(O)C(F)(F)F. The summed E-state index contributed by atoms with van der Waals surface area (Å²) in [5.41, 5.74) is 3.75. The lowest BCUT2D eigenvalue weighted by molar-refractivity contribution is -0.192. The average molecular weight is 499 g/mol. The monoisotopic (exact) mass is 499 g/mol. The maximum absolute atomic E-state index is 12.7. The largest absolute Gasteiger partial charge is 0.490 e. The van der Waals surface area contributed by atoms with Crippen LogP contribution in [0.1, 0.15) is 47.8 Å². The molecule has 5 rings (SSSR count). The number of hydrogen-bond donors (Lipinski definition) is 3. The molecule has 8 nitrogen and oxygen atoms in total. The molecule has 2 aromatic carbocycles. The summed E-state index contributed by atoms with van der Waals surface area (Å²) >= 11 is 0. The van der Waals surface area contributed by atoms with E-state index in [1.54, 1.807) is 12.5 Å². The van der Waals surface area contributed by atoms with Crippen LogP contribution in [0.3, 0.4) is 0 Å². The van der Waals surface area contributed by atoms with Crippen molar-refractivity contribution in [2.75, 3.05) is 0 Å². The van der Waals surface area contributed by atoms with Crippen LogP contribution < -0.4 is 5.32 Å². The van der Waals surface area contributed by atoms with Crippen molar-refractivity contribution in [3.8, 4) is 5.69 Å². The number of imidazole rings is 2. The molecule has 1 aliphatic rings. The Balaban J connectivity index is 0.000000384. The zero-order valence-electron chi connectivity index (χ0n) is 19.1. The standard InChI is InChI=1S/C23H23N5O.C2HF3O2/c29-23(16-8-10-19(11-9-16)28-13-12-24-15-28)25-18-5-3-4-17(14-18)22-26-20-6-1-2-7-21(20)27-22;3-2(4,5)1(6)7/h1-2,6-13,15,17-18H,3-5,14H2,(H,25,29)(H,26,27);(H,6,7). The van der Waals surface area contributed by atoms with Crippen LogP contribution >= 0.6 is 0 Å². The van der Waals surface area contributed by atoms with Crippen LogP contribution in [0.5, 0.6) is 0 Å². The number of alkyl halides is 3. The molecule has 36 heavy (non-hydrogen) atoms. The molecule has 4 aromatic rings. The van der Waals surface area contributed by atoms with Crippen molar-refractivity contribution in [3.05, 3.63) is 78.6 Å². The number of nitrogens with zero attached hydrogens (tertiary/aromatic N) is 3. The number of carboxylic acid groups (broad SMARTS) is 1. The van der Waals surface area contributed by atoms with Crippen molar-refractivity contribution < 1.29 is 27.9 Å². The minimum absolute atomic E-state index is 0.0163. The predicted octanol–water partition coefficient (Wildman–Crippen LogP) is 4.84. The molecule has 11 heteroatoms. The fourth-order valence-electron chi connectivity index (χ4n) is 4.20. The van der Waals surface area contributed by atoms with Gasteiger partial charge in [0, 0.05) is 35.6 Å². The molecule has 0 bridgehead atoms. The minimum atomic E-state index is -5.08. The van der Waals surface area contributed by atoms with E-state index in [2.05, 4.69) is 21.4 Å². The van der Waals surface area contributed by atoms with Gasteiger partial charge in [-0.3, -0.25) is 4.79 Å². The van der Waals surface area contributed by atoms with E-state index in [1.165, 1.54) is 0 Å². The van der Waals surface area contributed by atoms with E-state index in [0.717, 1.165) is 48.2 Å². The summed E-state index contributed by atoms with van der Waals surface area (Å²) in [5, 5.41) is 10.3. The summed E-state index contributed by atoms with van der Waals surface area (Å²) in [6.07, 6.45) is 4.40.